The van der Waals surface area contributed by atoms with E-state index >= 15 is 0 Å². The summed E-state index contributed by atoms with van der Waals surface area (Å²) in [5, 5.41) is 0. The molecule has 13 heavy (non-hydrogen) atoms. The van der Waals surface area contributed by atoms with Gasteiger partial charge in [0.2, 0.25) is 8.32 Å². The zero-order valence-electron chi connectivity index (χ0n) is 9.68. The third-order valence-corrected chi connectivity index (χ3v) is 1.97. The molecule has 0 aliphatic rings. The summed E-state index contributed by atoms with van der Waals surface area (Å²) >= 11 is 0. The molecule has 0 rings (SSSR count). The van der Waals surface area contributed by atoms with E-state index in [4.69, 9.17) is 9.16 Å². The lowest BCUT2D eigenvalue weighted by Gasteiger charge is -2.18. The molecular weight excluding hydrogens is 180 g/mol. The summed E-state index contributed by atoms with van der Waals surface area (Å²) in [5.74, 6) is 0. The predicted octanol–water partition coefficient (Wildman–Crippen LogP) is 3.17. The predicted molar refractivity (Wildman–Crippen MR) is 59.3 cm³/mol. The fraction of sp³-hybridized carbons (Fsp3) is 0.800. The van der Waals surface area contributed by atoms with E-state index in [-0.39, 0.29) is 5.60 Å². The minimum Gasteiger partial charge on any atom is -0.550 e. The maximum atomic E-state index is 5.52. The highest BCUT2D eigenvalue weighted by atomic mass is 28.4. The lowest BCUT2D eigenvalue weighted by atomic mass is 10.2. The van der Waals surface area contributed by atoms with E-state index in [0.29, 0.717) is 6.61 Å². The molecule has 0 saturated carbocycles. The van der Waals surface area contributed by atoms with Crippen LogP contribution in [0.4, 0.5) is 0 Å². The standard InChI is InChI=1S/C10H22O2Si/c1-10(2,3)11-8-7-9-12-13(4,5)6/h7,9H,8H2,1-6H3. The molecule has 0 aromatic rings. The normalized spacial score (nSPS) is 13.7. The van der Waals surface area contributed by atoms with Crippen molar-refractivity contribution in [3.05, 3.63) is 12.3 Å². The number of hydrogen-bond donors (Lipinski definition) is 0. The van der Waals surface area contributed by atoms with Crippen LogP contribution in [0.5, 0.6) is 0 Å². The van der Waals surface area contributed by atoms with E-state index in [1.165, 1.54) is 0 Å². The topological polar surface area (TPSA) is 18.5 Å². The first-order chi connectivity index (χ1) is 5.71. The average Bonchev–Trinajstić information content (AvgIpc) is 1.81. The van der Waals surface area contributed by atoms with Crippen molar-refractivity contribution >= 4 is 8.32 Å². The van der Waals surface area contributed by atoms with Crippen LogP contribution in [0.25, 0.3) is 0 Å². The van der Waals surface area contributed by atoms with Crippen LogP contribution in [0, 0.1) is 0 Å². The molecule has 0 aliphatic heterocycles. The van der Waals surface area contributed by atoms with Crippen LogP contribution in [0.1, 0.15) is 20.8 Å². The molecule has 0 aliphatic carbocycles. The minimum absolute atomic E-state index is 0.0660. The monoisotopic (exact) mass is 202 g/mol. The largest absolute Gasteiger partial charge is 0.550 e. The molecule has 2 nitrogen and oxygen atoms in total. The molecule has 3 heteroatoms. The smallest absolute Gasteiger partial charge is 0.241 e. The van der Waals surface area contributed by atoms with Gasteiger partial charge in [0.1, 0.15) is 0 Å². The van der Waals surface area contributed by atoms with Crippen LogP contribution >= 0.6 is 0 Å². The highest BCUT2D eigenvalue weighted by molar-refractivity contribution is 6.69. The highest BCUT2D eigenvalue weighted by Gasteiger charge is 2.13. The van der Waals surface area contributed by atoms with Gasteiger partial charge in [-0.05, 0) is 46.5 Å². The molecule has 0 fully saturated rings. The molecule has 0 atom stereocenters. The Morgan fingerprint density at radius 2 is 1.69 bits per heavy atom. The zero-order valence-corrected chi connectivity index (χ0v) is 10.7. The molecule has 0 bridgehead atoms. The van der Waals surface area contributed by atoms with E-state index < -0.39 is 8.32 Å². The molecule has 0 unspecified atom stereocenters. The van der Waals surface area contributed by atoms with E-state index in [1.807, 2.05) is 26.8 Å². The van der Waals surface area contributed by atoms with Crippen molar-refractivity contribution in [1.29, 1.82) is 0 Å². The van der Waals surface area contributed by atoms with Gasteiger partial charge in [-0.2, -0.15) is 0 Å². The average molecular weight is 202 g/mol. The van der Waals surface area contributed by atoms with E-state index in [1.54, 1.807) is 6.26 Å². The first-order valence-electron chi connectivity index (χ1n) is 4.67. The van der Waals surface area contributed by atoms with Crippen LogP contribution in [0.2, 0.25) is 19.6 Å². The maximum absolute atomic E-state index is 5.52. The number of rotatable bonds is 4. The number of ether oxygens (including phenoxy) is 1. The first kappa shape index (κ1) is 12.7. The second-order valence-corrected chi connectivity index (χ2v) is 9.49. The zero-order chi connectivity index (χ0) is 10.5. The third-order valence-electron chi connectivity index (χ3n) is 1.13. The summed E-state index contributed by atoms with van der Waals surface area (Å²) in [7, 11) is -1.40. The summed E-state index contributed by atoms with van der Waals surface area (Å²) in [6, 6.07) is 0. The Morgan fingerprint density at radius 3 is 2.08 bits per heavy atom. The Morgan fingerprint density at radius 1 is 1.15 bits per heavy atom. The van der Waals surface area contributed by atoms with Gasteiger partial charge in [-0.1, -0.05) is 0 Å². The summed E-state index contributed by atoms with van der Waals surface area (Å²) in [4.78, 5) is 0. The Kier molecular flexibility index (Phi) is 4.71. The van der Waals surface area contributed by atoms with Gasteiger partial charge in [0, 0.05) is 0 Å². The molecule has 0 saturated heterocycles. The lowest BCUT2D eigenvalue weighted by Crippen LogP contribution is -2.22. The summed E-state index contributed by atoms with van der Waals surface area (Å²) < 4.78 is 11.0. The van der Waals surface area contributed by atoms with Gasteiger partial charge >= 0.3 is 0 Å². The van der Waals surface area contributed by atoms with Gasteiger partial charge < -0.3 is 9.16 Å². The van der Waals surface area contributed by atoms with Crippen LogP contribution in [-0.4, -0.2) is 20.5 Å². The van der Waals surface area contributed by atoms with Gasteiger partial charge in [0.15, 0.2) is 0 Å². The van der Waals surface area contributed by atoms with Gasteiger partial charge in [-0.15, -0.1) is 0 Å². The molecular formula is C10H22O2Si. The number of hydrogen-bond acceptors (Lipinski definition) is 2. The molecule has 0 radical (unpaired) electrons. The van der Waals surface area contributed by atoms with Crippen LogP contribution in [0.15, 0.2) is 12.3 Å². The van der Waals surface area contributed by atoms with Crippen molar-refractivity contribution in [3.63, 3.8) is 0 Å². The molecule has 0 heterocycles. The van der Waals surface area contributed by atoms with E-state index in [9.17, 15) is 0 Å². The Labute approximate surface area is 83.1 Å². The highest BCUT2D eigenvalue weighted by Crippen LogP contribution is 2.06. The molecule has 0 amide bonds. The van der Waals surface area contributed by atoms with Gasteiger partial charge in [-0.25, -0.2) is 0 Å². The molecule has 0 spiro atoms. The quantitative estimate of drug-likeness (QED) is 0.515. The van der Waals surface area contributed by atoms with Gasteiger partial charge in [0.25, 0.3) is 0 Å². The molecule has 0 aromatic carbocycles. The Hall–Kier alpha value is -0.283. The Balaban J connectivity index is 3.55. The molecule has 0 N–H and O–H groups in total. The molecule has 0 aromatic heterocycles. The maximum Gasteiger partial charge on any atom is 0.241 e. The summed E-state index contributed by atoms with van der Waals surface area (Å²) in [6.07, 6.45) is 3.68. The van der Waals surface area contributed by atoms with Gasteiger partial charge in [0.05, 0.1) is 18.5 Å². The third kappa shape index (κ3) is 11.7. The second-order valence-electron chi connectivity index (χ2n) is 5.03. The first-order valence-corrected chi connectivity index (χ1v) is 8.08. The van der Waals surface area contributed by atoms with Crippen molar-refractivity contribution in [3.8, 4) is 0 Å². The summed E-state index contributed by atoms with van der Waals surface area (Å²) in [6.45, 7) is 13.2. The van der Waals surface area contributed by atoms with Gasteiger partial charge in [-0.3, -0.25) is 0 Å². The second kappa shape index (κ2) is 4.82. The van der Waals surface area contributed by atoms with Crippen LogP contribution < -0.4 is 0 Å². The van der Waals surface area contributed by atoms with Crippen LogP contribution in [-0.2, 0) is 9.16 Å². The van der Waals surface area contributed by atoms with Crippen molar-refractivity contribution in [2.75, 3.05) is 6.61 Å². The fourth-order valence-electron chi connectivity index (χ4n) is 0.590. The minimum atomic E-state index is -1.40. The van der Waals surface area contributed by atoms with Crippen molar-refractivity contribution in [2.24, 2.45) is 0 Å². The van der Waals surface area contributed by atoms with Crippen molar-refractivity contribution < 1.29 is 9.16 Å². The van der Waals surface area contributed by atoms with E-state index in [2.05, 4.69) is 19.6 Å². The van der Waals surface area contributed by atoms with E-state index in [0.717, 1.165) is 0 Å². The SMILES string of the molecule is CC(C)(C)OCC=CO[Si](C)(C)C. The fourth-order valence-corrected chi connectivity index (χ4v) is 1.09. The Bertz CT molecular complexity index is 163. The van der Waals surface area contributed by atoms with Crippen LogP contribution in [0.3, 0.4) is 0 Å². The lowest BCUT2D eigenvalue weighted by molar-refractivity contribution is 0.0145. The van der Waals surface area contributed by atoms with Crippen molar-refractivity contribution in [1.82, 2.24) is 0 Å². The molecule has 78 valence electrons. The van der Waals surface area contributed by atoms with Crippen molar-refractivity contribution in [2.45, 2.75) is 46.0 Å². The summed E-state index contributed by atoms with van der Waals surface area (Å²) in [5.41, 5.74) is -0.0660.